The second-order valence-electron chi connectivity index (χ2n) is 8.43. The number of rotatable bonds is 9. The van der Waals surface area contributed by atoms with Crippen molar-refractivity contribution < 1.29 is 23.8 Å². The maximum Gasteiger partial charge on any atom is 0.251 e. The molecule has 188 valence electrons. The minimum atomic E-state index is -1.43. The number of pyridine rings is 1. The minimum absolute atomic E-state index is 0.0428. The van der Waals surface area contributed by atoms with Gasteiger partial charge in [0.1, 0.15) is 22.5 Å². The molecule has 3 aromatic heterocycles. The average molecular weight is 516 g/mol. The number of carbonyl (C=O) groups excluding carboxylic acids is 1. The Morgan fingerprint density at radius 2 is 1.94 bits per heavy atom. The van der Waals surface area contributed by atoms with Crippen LogP contribution >= 0.6 is 11.3 Å². The summed E-state index contributed by atoms with van der Waals surface area (Å²) in [5.74, 6) is -1.76. The molecule has 0 aliphatic rings. The predicted octanol–water partition coefficient (Wildman–Crippen LogP) is 2.73. The zero-order chi connectivity index (χ0) is 26.0. The van der Waals surface area contributed by atoms with Gasteiger partial charge >= 0.3 is 0 Å². The number of nitrogens with two attached hydrogens (primary N) is 1. The summed E-state index contributed by atoms with van der Waals surface area (Å²) in [5, 5.41) is 34.2. The van der Waals surface area contributed by atoms with E-state index in [0.29, 0.717) is 17.3 Å². The van der Waals surface area contributed by atoms with Crippen LogP contribution in [0, 0.1) is 11.6 Å². The van der Waals surface area contributed by atoms with E-state index in [0.717, 1.165) is 23.5 Å². The third-order valence-electron chi connectivity index (χ3n) is 5.17. The van der Waals surface area contributed by atoms with Gasteiger partial charge in [0.25, 0.3) is 5.91 Å². The summed E-state index contributed by atoms with van der Waals surface area (Å²) < 4.78 is 29.8. The lowest BCUT2D eigenvalue weighted by molar-refractivity contribution is 0.0778. The SMILES string of the molecule is CC(C)(O)c1cc(F)c(-c2cc(C(N)=O)c(Nc3cccc(Cc4nnn(CCO)n4)n3)s2)c(F)c1. The Hall–Kier alpha value is -3.81. The highest BCUT2D eigenvalue weighted by Gasteiger charge is 2.24. The van der Waals surface area contributed by atoms with Crippen molar-refractivity contribution in [3.05, 3.63) is 70.7 Å². The lowest BCUT2D eigenvalue weighted by Gasteiger charge is -2.18. The average Bonchev–Trinajstić information content (AvgIpc) is 3.40. The van der Waals surface area contributed by atoms with E-state index in [4.69, 9.17) is 10.8 Å². The van der Waals surface area contributed by atoms with Crippen LogP contribution in [0.15, 0.2) is 36.4 Å². The fourth-order valence-corrected chi connectivity index (χ4v) is 4.53. The molecule has 0 fully saturated rings. The minimum Gasteiger partial charge on any atom is -0.394 e. The quantitative estimate of drug-likeness (QED) is 0.266. The largest absolute Gasteiger partial charge is 0.394 e. The fraction of sp³-hybridized carbons (Fsp3) is 0.261. The lowest BCUT2D eigenvalue weighted by atomic mass is 9.96. The molecule has 1 aromatic carbocycles. The van der Waals surface area contributed by atoms with Gasteiger partial charge in [0, 0.05) is 4.88 Å². The molecule has 5 N–H and O–H groups in total. The van der Waals surface area contributed by atoms with Gasteiger partial charge in [-0.2, -0.15) is 4.80 Å². The summed E-state index contributed by atoms with van der Waals surface area (Å²) in [6.45, 7) is 2.96. The Morgan fingerprint density at radius 3 is 2.58 bits per heavy atom. The molecule has 0 atom stereocenters. The number of aromatic nitrogens is 5. The second kappa shape index (κ2) is 10.0. The molecule has 0 aliphatic carbocycles. The van der Waals surface area contributed by atoms with Gasteiger partial charge in [-0.25, -0.2) is 13.8 Å². The van der Waals surface area contributed by atoms with Gasteiger partial charge in [-0.1, -0.05) is 6.07 Å². The van der Waals surface area contributed by atoms with Crippen molar-refractivity contribution in [2.45, 2.75) is 32.4 Å². The molecule has 36 heavy (non-hydrogen) atoms. The van der Waals surface area contributed by atoms with E-state index in [1.165, 1.54) is 24.7 Å². The highest BCUT2D eigenvalue weighted by molar-refractivity contribution is 7.20. The summed E-state index contributed by atoms with van der Waals surface area (Å²) in [6.07, 6.45) is 0.267. The third-order valence-corrected chi connectivity index (χ3v) is 6.24. The monoisotopic (exact) mass is 515 g/mol. The van der Waals surface area contributed by atoms with Crippen molar-refractivity contribution in [3.8, 4) is 10.4 Å². The van der Waals surface area contributed by atoms with E-state index in [2.05, 4.69) is 25.7 Å². The van der Waals surface area contributed by atoms with Crippen LogP contribution in [0.3, 0.4) is 0 Å². The number of aliphatic hydroxyl groups is 2. The number of anilines is 2. The van der Waals surface area contributed by atoms with Gasteiger partial charge in [-0.15, -0.1) is 21.5 Å². The first kappa shape index (κ1) is 25.3. The number of hydrogen-bond acceptors (Lipinski definition) is 9. The molecule has 0 saturated carbocycles. The van der Waals surface area contributed by atoms with Gasteiger partial charge in [0.2, 0.25) is 0 Å². The first-order chi connectivity index (χ1) is 17.0. The van der Waals surface area contributed by atoms with Crippen molar-refractivity contribution in [2.75, 3.05) is 11.9 Å². The van der Waals surface area contributed by atoms with Gasteiger partial charge in [0.15, 0.2) is 5.82 Å². The van der Waals surface area contributed by atoms with Gasteiger partial charge in [0.05, 0.1) is 42.0 Å². The Morgan fingerprint density at radius 1 is 1.22 bits per heavy atom. The topological polar surface area (TPSA) is 152 Å². The summed E-state index contributed by atoms with van der Waals surface area (Å²) >= 11 is 0.940. The van der Waals surface area contributed by atoms with E-state index in [1.54, 1.807) is 18.2 Å². The summed E-state index contributed by atoms with van der Waals surface area (Å²) in [6, 6.07) is 8.57. The number of primary amides is 1. The van der Waals surface area contributed by atoms with Crippen LogP contribution in [0.1, 0.15) is 41.3 Å². The van der Waals surface area contributed by atoms with E-state index < -0.39 is 23.1 Å². The highest BCUT2D eigenvalue weighted by atomic mass is 32.1. The summed E-state index contributed by atoms with van der Waals surface area (Å²) in [7, 11) is 0. The molecule has 4 aromatic rings. The normalized spacial score (nSPS) is 11.6. The zero-order valence-corrected chi connectivity index (χ0v) is 20.2. The number of carbonyl (C=O) groups is 1. The Balaban J connectivity index is 1.63. The maximum absolute atomic E-state index is 14.9. The predicted molar refractivity (Wildman–Crippen MR) is 129 cm³/mol. The van der Waals surface area contributed by atoms with Crippen molar-refractivity contribution >= 4 is 28.1 Å². The first-order valence-corrected chi connectivity index (χ1v) is 11.6. The van der Waals surface area contributed by atoms with E-state index in [1.807, 2.05) is 0 Å². The van der Waals surface area contributed by atoms with Crippen molar-refractivity contribution in [3.63, 3.8) is 0 Å². The maximum atomic E-state index is 14.9. The lowest BCUT2D eigenvalue weighted by Crippen LogP contribution is -2.16. The number of aliphatic hydroxyl groups excluding tert-OH is 1. The molecule has 10 nitrogen and oxygen atoms in total. The standard InChI is InChI=1S/C23H23F2N7O3S/c1-23(2,35)12-8-15(24)20(16(25)9-12)17-11-14(21(26)34)22(36-17)28-18-5-3-4-13(27-18)10-19-29-31-32(30-19)6-7-33/h3-5,8-9,11,33,35H,6-7,10H2,1-2H3,(H2,26,34)(H,27,28). The zero-order valence-electron chi connectivity index (χ0n) is 19.4. The van der Waals surface area contributed by atoms with Crippen molar-refractivity contribution in [1.82, 2.24) is 25.2 Å². The molecular formula is C23H23F2N7O3S. The summed E-state index contributed by atoms with van der Waals surface area (Å²) in [5.41, 5.74) is 4.48. The van der Waals surface area contributed by atoms with Gasteiger partial charge < -0.3 is 21.3 Å². The van der Waals surface area contributed by atoms with Gasteiger partial charge in [-0.05, 0) is 55.0 Å². The Bertz CT molecular complexity index is 1390. The van der Waals surface area contributed by atoms with E-state index in [-0.39, 0.29) is 46.1 Å². The fourth-order valence-electron chi connectivity index (χ4n) is 3.41. The number of nitrogens with one attached hydrogen (secondary N) is 1. The van der Waals surface area contributed by atoms with Gasteiger partial charge in [-0.3, -0.25) is 4.79 Å². The van der Waals surface area contributed by atoms with Crippen LogP contribution in [0.25, 0.3) is 10.4 Å². The molecule has 0 saturated heterocycles. The number of amides is 1. The van der Waals surface area contributed by atoms with Crippen LogP contribution in [0.4, 0.5) is 19.6 Å². The molecule has 4 rings (SSSR count). The van der Waals surface area contributed by atoms with Crippen molar-refractivity contribution in [1.29, 1.82) is 0 Å². The molecule has 0 bridgehead atoms. The van der Waals surface area contributed by atoms with E-state index in [9.17, 15) is 18.7 Å². The Kier molecular flexibility index (Phi) is 7.06. The number of tetrazole rings is 1. The number of hydrogen-bond donors (Lipinski definition) is 4. The summed E-state index contributed by atoms with van der Waals surface area (Å²) in [4.78, 5) is 18.0. The number of halogens is 2. The molecule has 3 heterocycles. The van der Waals surface area contributed by atoms with Crippen LogP contribution in [0.5, 0.6) is 0 Å². The Labute approximate surface area is 208 Å². The molecule has 0 aliphatic heterocycles. The number of benzene rings is 1. The number of nitrogens with zero attached hydrogens (tertiary/aromatic N) is 5. The van der Waals surface area contributed by atoms with Crippen LogP contribution in [0.2, 0.25) is 0 Å². The molecule has 13 heteroatoms. The first-order valence-electron chi connectivity index (χ1n) is 10.8. The second-order valence-corrected chi connectivity index (χ2v) is 9.48. The van der Waals surface area contributed by atoms with Crippen molar-refractivity contribution in [2.24, 2.45) is 5.73 Å². The van der Waals surface area contributed by atoms with Crippen LogP contribution in [-0.2, 0) is 18.6 Å². The molecule has 1 amide bonds. The number of thiophene rings is 1. The van der Waals surface area contributed by atoms with Crippen LogP contribution < -0.4 is 11.1 Å². The van der Waals surface area contributed by atoms with E-state index >= 15 is 0 Å². The molecular weight excluding hydrogens is 492 g/mol. The highest BCUT2D eigenvalue weighted by Crippen LogP contribution is 2.40. The molecule has 0 spiro atoms. The van der Waals surface area contributed by atoms with Crippen LogP contribution in [-0.4, -0.2) is 47.9 Å². The molecule has 0 radical (unpaired) electrons. The molecule has 0 unspecified atom stereocenters. The third kappa shape index (κ3) is 5.53. The smallest absolute Gasteiger partial charge is 0.251 e.